The highest BCUT2D eigenvalue weighted by atomic mass is 16.5. The fraction of sp³-hybridized carbons (Fsp3) is 0.462. The van der Waals surface area contributed by atoms with Crippen molar-refractivity contribution in [1.29, 1.82) is 0 Å². The minimum Gasteiger partial charge on any atom is -0.381 e. The van der Waals surface area contributed by atoms with Gasteiger partial charge in [0.05, 0.1) is 13.2 Å². The maximum atomic E-state index is 12.1. The Kier molecular flexibility index (Phi) is 2.40. The first-order valence-corrected chi connectivity index (χ1v) is 5.80. The predicted molar refractivity (Wildman–Crippen MR) is 61.4 cm³/mol. The molecule has 0 atom stereocenters. The van der Waals surface area contributed by atoms with Crippen molar-refractivity contribution >= 4 is 11.6 Å². The zero-order valence-electron chi connectivity index (χ0n) is 9.19. The zero-order chi connectivity index (χ0) is 11.0. The molecule has 0 spiro atoms. The summed E-state index contributed by atoms with van der Waals surface area (Å²) in [5.74, 6) is 0.693. The van der Waals surface area contributed by atoms with E-state index in [1.165, 1.54) is 5.56 Å². The Morgan fingerprint density at radius 2 is 2.19 bits per heavy atom. The van der Waals surface area contributed by atoms with Gasteiger partial charge in [-0.25, -0.2) is 0 Å². The van der Waals surface area contributed by atoms with E-state index in [1.54, 1.807) is 0 Å². The average molecular weight is 217 g/mol. The highest BCUT2D eigenvalue weighted by Crippen LogP contribution is 2.29. The second-order valence-electron chi connectivity index (χ2n) is 4.53. The number of amides is 1. The topological polar surface area (TPSA) is 29.5 Å². The number of hydrogen-bond acceptors (Lipinski definition) is 2. The summed E-state index contributed by atoms with van der Waals surface area (Å²) in [6, 6.07) is 8.18. The largest absolute Gasteiger partial charge is 0.381 e. The second kappa shape index (κ2) is 3.91. The summed E-state index contributed by atoms with van der Waals surface area (Å²) in [6.07, 6.45) is 1.62. The number of carbonyl (C=O) groups is 1. The van der Waals surface area contributed by atoms with Gasteiger partial charge < -0.3 is 9.64 Å². The third kappa shape index (κ3) is 1.61. The summed E-state index contributed by atoms with van der Waals surface area (Å²) < 4.78 is 5.10. The van der Waals surface area contributed by atoms with Crippen molar-refractivity contribution in [2.45, 2.75) is 12.8 Å². The fourth-order valence-electron chi connectivity index (χ4n) is 2.36. The Bertz CT molecular complexity index is 412. The first kappa shape index (κ1) is 9.85. The molecule has 1 aromatic carbocycles. The molecule has 84 valence electrons. The molecule has 1 amide bonds. The van der Waals surface area contributed by atoms with Gasteiger partial charge in [-0.2, -0.15) is 0 Å². The number of carbonyl (C=O) groups excluding carboxylic acids is 1. The second-order valence-corrected chi connectivity index (χ2v) is 4.53. The van der Waals surface area contributed by atoms with Crippen LogP contribution in [0.5, 0.6) is 0 Å². The molecular formula is C13H15NO2. The van der Waals surface area contributed by atoms with Crippen molar-refractivity contribution in [2.24, 2.45) is 5.92 Å². The maximum Gasteiger partial charge on any atom is 0.227 e. The molecule has 3 rings (SSSR count). The lowest BCUT2D eigenvalue weighted by molar-refractivity contribution is -0.123. The van der Waals surface area contributed by atoms with E-state index in [0.29, 0.717) is 12.3 Å². The Balaban J connectivity index is 1.73. The van der Waals surface area contributed by atoms with Crippen LogP contribution in [0.1, 0.15) is 12.0 Å². The van der Waals surface area contributed by atoms with E-state index in [-0.39, 0.29) is 5.91 Å². The maximum absolute atomic E-state index is 12.1. The molecule has 3 nitrogen and oxygen atoms in total. The number of hydrogen-bond donors (Lipinski definition) is 0. The fourth-order valence-corrected chi connectivity index (χ4v) is 2.36. The van der Waals surface area contributed by atoms with Gasteiger partial charge in [-0.05, 0) is 18.1 Å². The number of anilines is 1. The molecular weight excluding hydrogens is 202 g/mol. The highest BCUT2D eigenvalue weighted by molar-refractivity contribution is 5.95. The van der Waals surface area contributed by atoms with Crippen LogP contribution in [0.15, 0.2) is 24.3 Å². The van der Waals surface area contributed by atoms with E-state index in [2.05, 4.69) is 6.07 Å². The van der Waals surface area contributed by atoms with Crippen molar-refractivity contribution < 1.29 is 9.53 Å². The predicted octanol–water partition coefficient (Wildman–Crippen LogP) is 1.61. The normalized spacial score (nSPS) is 19.4. The lowest BCUT2D eigenvalue weighted by Gasteiger charge is -2.27. The molecule has 0 aromatic heterocycles. The molecule has 0 N–H and O–H groups in total. The number of nitrogens with zero attached hydrogens (tertiary/aromatic N) is 1. The summed E-state index contributed by atoms with van der Waals surface area (Å²) in [6.45, 7) is 2.34. The van der Waals surface area contributed by atoms with Gasteiger partial charge in [-0.3, -0.25) is 4.79 Å². The van der Waals surface area contributed by atoms with E-state index >= 15 is 0 Å². The van der Waals surface area contributed by atoms with Gasteiger partial charge in [0.2, 0.25) is 5.91 Å². The molecule has 1 aromatic rings. The summed E-state index contributed by atoms with van der Waals surface area (Å²) in [5, 5.41) is 0. The van der Waals surface area contributed by atoms with E-state index in [9.17, 15) is 4.79 Å². The SMILES string of the molecule is O=C(CC1COC1)N1CCc2ccccc21. The Morgan fingerprint density at radius 3 is 2.94 bits per heavy atom. The zero-order valence-corrected chi connectivity index (χ0v) is 9.19. The third-order valence-electron chi connectivity index (χ3n) is 3.36. The third-order valence-corrected chi connectivity index (χ3v) is 3.36. The average Bonchev–Trinajstić information content (AvgIpc) is 2.67. The molecule has 2 heterocycles. The minimum atomic E-state index is 0.248. The molecule has 16 heavy (non-hydrogen) atoms. The van der Waals surface area contributed by atoms with Gasteiger partial charge in [0.1, 0.15) is 0 Å². The lowest BCUT2D eigenvalue weighted by Crippen LogP contribution is -2.36. The Labute approximate surface area is 95.0 Å². The van der Waals surface area contributed by atoms with E-state index in [1.807, 2.05) is 23.1 Å². The van der Waals surface area contributed by atoms with Crippen LogP contribution in [-0.4, -0.2) is 25.7 Å². The quantitative estimate of drug-likeness (QED) is 0.753. The van der Waals surface area contributed by atoms with Gasteiger partial charge in [0, 0.05) is 24.6 Å². The first-order valence-electron chi connectivity index (χ1n) is 5.80. The molecule has 1 fully saturated rings. The van der Waals surface area contributed by atoms with E-state index in [4.69, 9.17) is 4.74 Å². The van der Waals surface area contributed by atoms with Gasteiger partial charge in [-0.15, -0.1) is 0 Å². The van der Waals surface area contributed by atoms with Gasteiger partial charge >= 0.3 is 0 Å². The van der Waals surface area contributed by atoms with Crippen molar-refractivity contribution in [3.8, 4) is 0 Å². The van der Waals surface area contributed by atoms with Crippen LogP contribution in [0.2, 0.25) is 0 Å². The van der Waals surface area contributed by atoms with Crippen LogP contribution in [0.25, 0.3) is 0 Å². The summed E-state index contributed by atoms with van der Waals surface area (Å²) in [4.78, 5) is 14.0. The van der Waals surface area contributed by atoms with Crippen LogP contribution in [0, 0.1) is 5.92 Å². The number of para-hydroxylation sites is 1. The van der Waals surface area contributed by atoms with Gasteiger partial charge in [-0.1, -0.05) is 18.2 Å². The highest BCUT2D eigenvalue weighted by Gasteiger charge is 2.28. The minimum absolute atomic E-state index is 0.248. The van der Waals surface area contributed by atoms with Crippen LogP contribution in [-0.2, 0) is 16.0 Å². The molecule has 0 aliphatic carbocycles. The summed E-state index contributed by atoms with van der Waals surface area (Å²) in [7, 11) is 0. The number of rotatable bonds is 2. The molecule has 1 saturated heterocycles. The molecule has 0 unspecified atom stereocenters. The molecule has 2 aliphatic heterocycles. The summed E-state index contributed by atoms with van der Waals surface area (Å²) in [5.41, 5.74) is 2.40. The number of benzene rings is 1. The lowest BCUT2D eigenvalue weighted by atomic mass is 10.0. The molecule has 0 bridgehead atoms. The van der Waals surface area contributed by atoms with Crippen molar-refractivity contribution in [3.05, 3.63) is 29.8 Å². The summed E-state index contributed by atoms with van der Waals surface area (Å²) >= 11 is 0. The van der Waals surface area contributed by atoms with E-state index < -0.39 is 0 Å². The van der Waals surface area contributed by atoms with Gasteiger partial charge in [0.15, 0.2) is 0 Å². The molecule has 2 aliphatic rings. The molecule has 3 heteroatoms. The van der Waals surface area contributed by atoms with Crippen LogP contribution >= 0.6 is 0 Å². The van der Waals surface area contributed by atoms with Crippen LogP contribution < -0.4 is 4.90 Å². The number of ether oxygens (including phenoxy) is 1. The standard InChI is InChI=1S/C13H15NO2/c15-13(7-10-8-16-9-10)14-6-5-11-3-1-2-4-12(11)14/h1-4,10H,5-9H2. The number of fused-ring (bicyclic) bond motifs is 1. The molecule has 0 saturated carbocycles. The molecule has 0 radical (unpaired) electrons. The van der Waals surface area contributed by atoms with Gasteiger partial charge in [0.25, 0.3) is 0 Å². The van der Waals surface area contributed by atoms with Crippen LogP contribution in [0.3, 0.4) is 0 Å². The van der Waals surface area contributed by atoms with Crippen molar-refractivity contribution in [2.75, 3.05) is 24.7 Å². The Hall–Kier alpha value is -1.35. The smallest absolute Gasteiger partial charge is 0.227 e. The van der Waals surface area contributed by atoms with Crippen molar-refractivity contribution in [3.63, 3.8) is 0 Å². The van der Waals surface area contributed by atoms with E-state index in [0.717, 1.165) is 31.9 Å². The van der Waals surface area contributed by atoms with Crippen LogP contribution in [0.4, 0.5) is 5.69 Å². The first-order chi connectivity index (χ1) is 7.84. The monoisotopic (exact) mass is 217 g/mol. The van der Waals surface area contributed by atoms with Crippen molar-refractivity contribution in [1.82, 2.24) is 0 Å². The Morgan fingerprint density at radius 1 is 1.38 bits per heavy atom.